The first-order valence-corrected chi connectivity index (χ1v) is 20.6. The van der Waals surface area contributed by atoms with Gasteiger partial charge in [0.1, 0.15) is 0 Å². The number of allylic oxidation sites excluding steroid dienone is 1. The minimum Gasteiger partial charge on any atom is -0.252 e. The zero-order valence-electron chi connectivity index (χ0n) is 33.1. The van der Waals surface area contributed by atoms with Crippen molar-refractivity contribution < 1.29 is 0 Å². The highest BCUT2D eigenvalue weighted by atomic mass is 32.1. The Bertz CT molecular complexity index is 3090. The number of rotatable bonds is 4. The van der Waals surface area contributed by atoms with Crippen LogP contribution in [0, 0.1) is 41.5 Å². The van der Waals surface area contributed by atoms with E-state index in [0.29, 0.717) is 5.92 Å². The van der Waals surface area contributed by atoms with E-state index in [9.17, 15) is 0 Å². The van der Waals surface area contributed by atoms with E-state index in [4.69, 9.17) is 9.97 Å². The summed E-state index contributed by atoms with van der Waals surface area (Å²) in [6.07, 6.45) is 7.74. The van der Waals surface area contributed by atoms with Crippen LogP contribution in [0.1, 0.15) is 63.1 Å². The molecule has 56 heavy (non-hydrogen) atoms. The Labute approximate surface area is 333 Å². The number of benzene rings is 7. The van der Waals surface area contributed by atoms with Crippen molar-refractivity contribution in [3.05, 3.63) is 159 Å². The molecule has 0 radical (unpaired) electrons. The van der Waals surface area contributed by atoms with Crippen molar-refractivity contribution >= 4 is 60.1 Å². The van der Waals surface area contributed by atoms with E-state index < -0.39 is 0 Å². The van der Waals surface area contributed by atoms with E-state index in [-0.39, 0.29) is 0 Å². The van der Waals surface area contributed by atoms with Gasteiger partial charge in [0, 0.05) is 31.3 Å². The van der Waals surface area contributed by atoms with Crippen LogP contribution in [-0.2, 0) is 0 Å². The van der Waals surface area contributed by atoms with E-state index in [1.165, 1.54) is 98.1 Å². The topological polar surface area (TPSA) is 25.8 Å². The zero-order valence-corrected chi connectivity index (χ0v) is 34.0. The van der Waals surface area contributed by atoms with Gasteiger partial charge in [0.05, 0.1) is 22.9 Å². The average Bonchev–Trinajstić information content (AvgIpc) is 3.57. The SMILES string of the molecule is Cc1cc(C)c(-c2ccc3c4ccc(-c5c(C)cc(C)cc5C)cc4c4nc(-c5cccc(-c6cccc7c8c(sc67)C(C)CC=C8)c5)cnc4c3c2)c(C)c1. The lowest BCUT2D eigenvalue weighted by atomic mass is 9.89. The molecule has 2 aromatic heterocycles. The molecule has 7 aromatic carbocycles. The van der Waals surface area contributed by atoms with Crippen LogP contribution < -0.4 is 0 Å². The normalized spacial score (nSPS) is 14.0. The molecule has 0 bridgehead atoms. The smallest absolute Gasteiger partial charge is 0.0979 e. The third-order valence-corrected chi connectivity index (χ3v) is 13.5. The molecule has 1 unspecified atom stereocenters. The molecule has 1 aliphatic carbocycles. The van der Waals surface area contributed by atoms with Crippen molar-refractivity contribution in [2.45, 2.75) is 60.8 Å². The van der Waals surface area contributed by atoms with Gasteiger partial charge < -0.3 is 0 Å². The molecule has 0 spiro atoms. The summed E-state index contributed by atoms with van der Waals surface area (Å²) in [5.74, 6) is 0.547. The largest absolute Gasteiger partial charge is 0.252 e. The van der Waals surface area contributed by atoms with Gasteiger partial charge >= 0.3 is 0 Å². The first-order valence-electron chi connectivity index (χ1n) is 19.8. The lowest BCUT2D eigenvalue weighted by Crippen LogP contribution is -1.95. The highest BCUT2D eigenvalue weighted by molar-refractivity contribution is 7.20. The van der Waals surface area contributed by atoms with Crippen LogP contribution in [0.3, 0.4) is 0 Å². The summed E-state index contributed by atoms with van der Waals surface area (Å²) in [6.45, 7) is 15.6. The minimum absolute atomic E-state index is 0.547. The van der Waals surface area contributed by atoms with Gasteiger partial charge in [0.2, 0.25) is 0 Å². The fourth-order valence-electron chi connectivity index (χ4n) is 9.71. The molecule has 272 valence electrons. The summed E-state index contributed by atoms with van der Waals surface area (Å²) in [7, 11) is 0. The van der Waals surface area contributed by atoms with Crippen molar-refractivity contribution in [1.29, 1.82) is 0 Å². The number of nitrogens with zero attached hydrogens (tertiary/aromatic N) is 2. The predicted octanol–water partition coefficient (Wildman–Crippen LogP) is 15.2. The monoisotopic (exact) mass is 740 g/mol. The van der Waals surface area contributed by atoms with E-state index >= 15 is 0 Å². The Morgan fingerprint density at radius 2 is 1.14 bits per heavy atom. The van der Waals surface area contributed by atoms with Gasteiger partial charge in [-0.3, -0.25) is 4.98 Å². The molecular weight excluding hydrogens is 697 g/mol. The molecule has 0 N–H and O–H groups in total. The van der Waals surface area contributed by atoms with Crippen molar-refractivity contribution in [3.8, 4) is 44.6 Å². The Morgan fingerprint density at radius 1 is 0.554 bits per heavy atom. The van der Waals surface area contributed by atoms with E-state index in [1.54, 1.807) is 0 Å². The third-order valence-electron chi connectivity index (χ3n) is 12.0. The summed E-state index contributed by atoms with van der Waals surface area (Å²) >= 11 is 1.96. The van der Waals surface area contributed by atoms with Crippen LogP contribution >= 0.6 is 11.3 Å². The molecule has 0 aliphatic heterocycles. The average molecular weight is 741 g/mol. The van der Waals surface area contributed by atoms with Crippen molar-refractivity contribution in [2.75, 3.05) is 0 Å². The Hall–Kier alpha value is -5.90. The molecule has 0 saturated carbocycles. The molecule has 0 amide bonds. The highest BCUT2D eigenvalue weighted by Gasteiger charge is 2.21. The number of aryl methyl sites for hydroxylation is 6. The third kappa shape index (κ3) is 5.51. The number of thiophene rings is 1. The fraction of sp³-hybridized carbons (Fsp3) is 0.170. The standard InChI is InChI=1S/C53H44N2S/c1-29-21-32(4)48(33(5)22-29)38-17-19-41-42-20-18-39(49-34(6)23-30(2)24-35(49)7)27-46(42)51-50(45(41)26-38)54-28-47(55-51)37-13-9-12-36(25-37)40-14-10-16-44-43-15-8-11-31(3)52(43)56-53(40)44/h8-10,12-28,31H,11H2,1-7H3. The van der Waals surface area contributed by atoms with Crippen LogP contribution in [-0.4, -0.2) is 9.97 Å². The fourth-order valence-corrected chi connectivity index (χ4v) is 11.1. The van der Waals surface area contributed by atoms with Crippen molar-refractivity contribution in [3.63, 3.8) is 0 Å². The predicted molar refractivity (Wildman–Crippen MR) is 242 cm³/mol. The quantitative estimate of drug-likeness (QED) is 0.168. The summed E-state index contributed by atoms with van der Waals surface area (Å²) in [4.78, 5) is 12.4. The zero-order chi connectivity index (χ0) is 38.4. The van der Waals surface area contributed by atoms with Crippen LogP contribution in [0.5, 0.6) is 0 Å². The molecule has 2 heterocycles. The van der Waals surface area contributed by atoms with Crippen LogP contribution in [0.2, 0.25) is 0 Å². The van der Waals surface area contributed by atoms with E-state index in [0.717, 1.165) is 39.5 Å². The van der Waals surface area contributed by atoms with Gasteiger partial charge in [0.25, 0.3) is 0 Å². The number of fused-ring (bicyclic) bond motifs is 9. The van der Waals surface area contributed by atoms with Gasteiger partial charge in [0.15, 0.2) is 0 Å². The second-order valence-corrected chi connectivity index (χ2v) is 17.3. The van der Waals surface area contributed by atoms with Crippen LogP contribution in [0.15, 0.2) is 115 Å². The highest BCUT2D eigenvalue weighted by Crippen LogP contribution is 2.45. The van der Waals surface area contributed by atoms with Crippen molar-refractivity contribution in [2.24, 2.45) is 0 Å². The first-order chi connectivity index (χ1) is 27.1. The Morgan fingerprint density at radius 3 is 1.79 bits per heavy atom. The van der Waals surface area contributed by atoms with E-state index in [1.807, 2.05) is 17.5 Å². The lowest BCUT2D eigenvalue weighted by Gasteiger charge is -2.17. The molecule has 2 nitrogen and oxygen atoms in total. The molecule has 1 aliphatic rings. The van der Waals surface area contributed by atoms with Gasteiger partial charge in [-0.2, -0.15) is 0 Å². The maximum Gasteiger partial charge on any atom is 0.0979 e. The summed E-state index contributed by atoms with van der Waals surface area (Å²) in [5, 5.41) is 6.00. The van der Waals surface area contributed by atoms with Gasteiger partial charge in [-0.1, -0.05) is 115 Å². The number of hydrogen-bond acceptors (Lipinski definition) is 3. The molecule has 10 rings (SSSR count). The van der Waals surface area contributed by atoms with Crippen LogP contribution in [0.4, 0.5) is 0 Å². The molecule has 0 fully saturated rings. The summed E-state index contributed by atoms with van der Waals surface area (Å²) < 4.78 is 1.36. The second kappa shape index (κ2) is 13.1. The van der Waals surface area contributed by atoms with Gasteiger partial charge in [-0.05, 0) is 144 Å². The summed E-state index contributed by atoms with van der Waals surface area (Å²) in [5.41, 5.74) is 20.4. The number of hydrogen-bond donors (Lipinski definition) is 0. The lowest BCUT2D eigenvalue weighted by molar-refractivity contribution is 0.791. The Kier molecular flexibility index (Phi) is 8.09. The van der Waals surface area contributed by atoms with Crippen molar-refractivity contribution in [1.82, 2.24) is 9.97 Å². The maximum absolute atomic E-state index is 5.56. The van der Waals surface area contributed by atoms with E-state index in [2.05, 4.69) is 164 Å². The Balaban J connectivity index is 1.20. The molecular formula is C53H44N2S. The molecule has 1 atom stereocenters. The summed E-state index contributed by atoms with van der Waals surface area (Å²) in [6, 6.07) is 38.7. The molecule has 9 aromatic rings. The van der Waals surface area contributed by atoms with Gasteiger partial charge in [-0.25, -0.2) is 4.98 Å². The minimum atomic E-state index is 0.547. The van der Waals surface area contributed by atoms with Gasteiger partial charge in [-0.15, -0.1) is 11.3 Å². The molecule has 3 heteroatoms. The maximum atomic E-state index is 5.56. The second-order valence-electron chi connectivity index (χ2n) is 16.2. The number of aromatic nitrogens is 2. The molecule has 0 saturated heterocycles. The first kappa shape index (κ1) is 34.6. The van der Waals surface area contributed by atoms with Crippen LogP contribution in [0.25, 0.3) is 93.4 Å².